The number of hydrogen-bond acceptors (Lipinski definition) is 4. The quantitative estimate of drug-likeness (QED) is 0.919. The first kappa shape index (κ1) is 16.5. The highest BCUT2D eigenvalue weighted by atomic mass is 16.5. The molecule has 0 atom stereocenters. The summed E-state index contributed by atoms with van der Waals surface area (Å²) < 4.78 is 6.39. The van der Waals surface area contributed by atoms with E-state index >= 15 is 0 Å². The summed E-state index contributed by atoms with van der Waals surface area (Å²) >= 11 is 0. The van der Waals surface area contributed by atoms with Crippen molar-refractivity contribution in [2.75, 3.05) is 24.4 Å². The SMILES string of the molecule is COC(=O)N(C)c1ccc(NC(=O)CCn2cc(C)cn2)cc1. The van der Waals surface area contributed by atoms with Gasteiger partial charge < -0.3 is 10.1 Å². The van der Waals surface area contributed by atoms with Gasteiger partial charge in [-0.05, 0) is 36.8 Å². The number of methoxy groups -OCH3 is 1. The monoisotopic (exact) mass is 316 g/mol. The smallest absolute Gasteiger partial charge is 0.413 e. The van der Waals surface area contributed by atoms with Crippen LogP contribution in [0.4, 0.5) is 16.2 Å². The van der Waals surface area contributed by atoms with Gasteiger partial charge in [0.15, 0.2) is 0 Å². The molecule has 1 aromatic carbocycles. The summed E-state index contributed by atoms with van der Waals surface area (Å²) in [7, 11) is 2.94. The molecule has 2 amide bonds. The van der Waals surface area contributed by atoms with Crippen molar-refractivity contribution in [2.45, 2.75) is 19.9 Å². The van der Waals surface area contributed by atoms with Crippen LogP contribution in [0.1, 0.15) is 12.0 Å². The molecule has 0 saturated heterocycles. The van der Waals surface area contributed by atoms with E-state index in [4.69, 9.17) is 0 Å². The minimum absolute atomic E-state index is 0.0905. The van der Waals surface area contributed by atoms with E-state index in [1.165, 1.54) is 12.0 Å². The van der Waals surface area contributed by atoms with Crippen LogP contribution in [0.15, 0.2) is 36.7 Å². The molecule has 0 aliphatic heterocycles. The first-order valence-corrected chi connectivity index (χ1v) is 7.20. The fourth-order valence-corrected chi connectivity index (χ4v) is 2.04. The molecule has 0 radical (unpaired) electrons. The van der Waals surface area contributed by atoms with Crippen molar-refractivity contribution in [1.82, 2.24) is 9.78 Å². The van der Waals surface area contributed by atoms with Gasteiger partial charge in [-0.3, -0.25) is 14.4 Å². The number of rotatable bonds is 5. The summed E-state index contributed by atoms with van der Waals surface area (Å²) in [6, 6.07) is 6.96. The van der Waals surface area contributed by atoms with E-state index < -0.39 is 6.09 Å². The topological polar surface area (TPSA) is 76.5 Å². The molecule has 2 rings (SSSR count). The number of carbonyl (C=O) groups excluding carboxylic acids is 2. The Hall–Kier alpha value is -2.83. The molecule has 1 aromatic heterocycles. The summed E-state index contributed by atoms with van der Waals surface area (Å²) in [5.41, 5.74) is 2.42. The molecule has 1 heterocycles. The highest BCUT2D eigenvalue weighted by Gasteiger charge is 2.10. The van der Waals surface area contributed by atoms with Crippen molar-refractivity contribution in [3.05, 3.63) is 42.2 Å². The van der Waals surface area contributed by atoms with Gasteiger partial charge in [0.2, 0.25) is 5.91 Å². The molecule has 2 aromatic rings. The van der Waals surface area contributed by atoms with Crippen molar-refractivity contribution in [2.24, 2.45) is 0 Å². The number of ether oxygens (including phenoxy) is 1. The lowest BCUT2D eigenvalue weighted by atomic mass is 10.2. The van der Waals surface area contributed by atoms with Gasteiger partial charge in [-0.2, -0.15) is 5.10 Å². The van der Waals surface area contributed by atoms with Crippen molar-refractivity contribution >= 4 is 23.4 Å². The number of hydrogen-bond donors (Lipinski definition) is 1. The van der Waals surface area contributed by atoms with Gasteiger partial charge in [-0.15, -0.1) is 0 Å². The molecular formula is C16H20N4O3. The molecule has 0 saturated carbocycles. The highest BCUT2D eigenvalue weighted by molar-refractivity contribution is 5.91. The zero-order valence-electron chi connectivity index (χ0n) is 13.4. The number of aromatic nitrogens is 2. The van der Waals surface area contributed by atoms with E-state index in [0.29, 0.717) is 24.3 Å². The van der Waals surface area contributed by atoms with Gasteiger partial charge in [0.1, 0.15) is 0 Å². The van der Waals surface area contributed by atoms with E-state index in [-0.39, 0.29) is 5.91 Å². The zero-order chi connectivity index (χ0) is 16.8. The maximum Gasteiger partial charge on any atom is 0.413 e. The Morgan fingerprint density at radius 3 is 2.57 bits per heavy atom. The Balaban J connectivity index is 1.87. The van der Waals surface area contributed by atoms with Crippen LogP contribution in [0.5, 0.6) is 0 Å². The number of anilines is 2. The summed E-state index contributed by atoms with van der Waals surface area (Å²) in [4.78, 5) is 24.7. The molecule has 0 aliphatic rings. The molecule has 7 heteroatoms. The molecule has 0 fully saturated rings. The zero-order valence-corrected chi connectivity index (χ0v) is 13.4. The molecule has 23 heavy (non-hydrogen) atoms. The van der Waals surface area contributed by atoms with Crippen molar-refractivity contribution < 1.29 is 14.3 Å². The minimum atomic E-state index is -0.448. The van der Waals surface area contributed by atoms with Crippen LogP contribution in [0.2, 0.25) is 0 Å². The fourth-order valence-electron chi connectivity index (χ4n) is 2.04. The summed E-state index contributed by atoms with van der Waals surface area (Å²) in [5.74, 6) is -0.0905. The lowest BCUT2D eigenvalue weighted by Gasteiger charge is -2.16. The largest absolute Gasteiger partial charge is 0.452 e. The van der Waals surface area contributed by atoms with E-state index in [1.54, 1.807) is 42.2 Å². The van der Waals surface area contributed by atoms with Crippen LogP contribution >= 0.6 is 0 Å². The van der Waals surface area contributed by atoms with Crippen LogP contribution in [0.3, 0.4) is 0 Å². The molecule has 0 aliphatic carbocycles. The third-order valence-corrected chi connectivity index (χ3v) is 3.32. The first-order valence-electron chi connectivity index (χ1n) is 7.20. The number of nitrogens with one attached hydrogen (secondary N) is 1. The first-order chi connectivity index (χ1) is 11.0. The molecule has 1 N–H and O–H groups in total. The molecule has 7 nitrogen and oxygen atoms in total. The molecular weight excluding hydrogens is 296 g/mol. The average Bonchev–Trinajstić information content (AvgIpc) is 2.97. The number of benzene rings is 1. The fraction of sp³-hybridized carbons (Fsp3) is 0.312. The Kier molecular flexibility index (Phi) is 5.35. The molecule has 0 bridgehead atoms. The summed E-state index contributed by atoms with van der Waals surface area (Å²) in [6.45, 7) is 2.49. The van der Waals surface area contributed by atoms with Gasteiger partial charge in [0.05, 0.1) is 13.3 Å². The van der Waals surface area contributed by atoms with Crippen LogP contribution in [-0.4, -0.2) is 35.9 Å². The van der Waals surface area contributed by atoms with E-state index in [1.807, 2.05) is 13.1 Å². The third kappa shape index (κ3) is 4.57. The maximum absolute atomic E-state index is 11.9. The van der Waals surface area contributed by atoms with E-state index in [9.17, 15) is 9.59 Å². The van der Waals surface area contributed by atoms with Gasteiger partial charge in [0, 0.05) is 37.6 Å². The number of nitrogens with zero attached hydrogens (tertiary/aromatic N) is 3. The second-order valence-corrected chi connectivity index (χ2v) is 5.15. The summed E-state index contributed by atoms with van der Waals surface area (Å²) in [5, 5.41) is 6.95. The van der Waals surface area contributed by atoms with Crippen molar-refractivity contribution in [3.63, 3.8) is 0 Å². The standard InChI is InChI=1S/C16H20N4O3/c1-12-10-17-20(11-12)9-8-15(21)18-13-4-6-14(7-5-13)19(2)16(22)23-3/h4-7,10-11H,8-9H2,1-3H3,(H,18,21). The normalized spacial score (nSPS) is 10.2. The maximum atomic E-state index is 11.9. The van der Waals surface area contributed by atoms with Gasteiger partial charge in [-0.25, -0.2) is 4.79 Å². The van der Waals surface area contributed by atoms with Gasteiger partial charge in [-0.1, -0.05) is 0 Å². The second-order valence-electron chi connectivity index (χ2n) is 5.15. The van der Waals surface area contributed by atoms with Crippen LogP contribution in [0.25, 0.3) is 0 Å². The van der Waals surface area contributed by atoms with Crippen LogP contribution < -0.4 is 10.2 Å². The Labute approximate surface area is 134 Å². The highest BCUT2D eigenvalue weighted by Crippen LogP contribution is 2.17. The van der Waals surface area contributed by atoms with Crippen molar-refractivity contribution in [3.8, 4) is 0 Å². The Morgan fingerprint density at radius 2 is 2.00 bits per heavy atom. The lowest BCUT2D eigenvalue weighted by molar-refractivity contribution is -0.116. The predicted octanol–water partition coefficient (Wildman–Crippen LogP) is 2.42. The summed E-state index contributed by atoms with van der Waals surface area (Å²) in [6.07, 6.45) is 3.54. The Bertz CT molecular complexity index is 679. The Morgan fingerprint density at radius 1 is 1.30 bits per heavy atom. The number of carbonyl (C=O) groups is 2. The molecule has 0 spiro atoms. The predicted molar refractivity (Wildman–Crippen MR) is 87.5 cm³/mol. The van der Waals surface area contributed by atoms with Crippen LogP contribution in [-0.2, 0) is 16.1 Å². The molecule has 122 valence electrons. The lowest BCUT2D eigenvalue weighted by Crippen LogP contribution is -2.25. The number of aryl methyl sites for hydroxylation is 2. The van der Waals surface area contributed by atoms with Crippen molar-refractivity contribution in [1.29, 1.82) is 0 Å². The number of amides is 2. The average molecular weight is 316 g/mol. The second kappa shape index (κ2) is 7.44. The van der Waals surface area contributed by atoms with E-state index in [0.717, 1.165) is 5.56 Å². The van der Waals surface area contributed by atoms with E-state index in [2.05, 4.69) is 15.2 Å². The minimum Gasteiger partial charge on any atom is -0.452 e. The van der Waals surface area contributed by atoms with Crippen LogP contribution in [0, 0.1) is 6.92 Å². The van der Waals surface area contributed by atoms with Gasteiger partial charge in [0.25, 0.3) is 0 Å². The molecule has 0 unspecified atom stereocenters. The third-order valence-electron chi connectivity index (χ3n) is 3.32. The van der Waals surface area contributed by atoms with Gasteiger partial charge >= 0.3 is 6.09 Å².